The van der Waals surface area contributed by atoms with E-state index in [4.69, 9.17) is 4.74 Å². The standard InChI is InChI=1S/C16H25N3OS/c1-2-4-14(5-3-1)6-7-17-12-15-13-18-16(21-15)19-8-10-20-11-9-19/h4,13,17H,1-3,5-12H2. The van der Waals surface area contributed by atoms with E-state index in [9.17, 15) is 0 Å². The summed E-state index contributed by atoms with van der Waals surface area (Å²) in [5, 5.41) is 4.70. The number of nitrogens with one attached hydrogen (secondary N) is 1. The molecule has 2 aliphatic rings. The normalized spacial score (nSPS) is 19.6. The minimum absolute atomic E-state index is 0.822. The highest BCUT2D eigenvalue weighted by atomic mass is 32.1. The molecule has 0 bridgehead atoms. The summed E-state index contributed by atoms with van der Waals surface area (Å²) in [4.78, 5) is 8.20. The summed E-state index contributed by atoms with van der Waals surface area (Å²) in [6, 6.07) is 0. The second kappa shape index (κ2) is 7.92. The van der Waals surface area contributed by atoms with Crippen LogP contribution in [-0.4, -0.2) is 37.8 Å². The van der Waals surface area contributed by atoms with Crippen molar-refractivity contribution in [2.75, 3.05) is 37.7 Å². The van der Waals surface area contributed by atoms with E-state index in [0.29, 0.717) is 0 Å². The lowest BCUT2D eigenvalue weighted by Crippen LogP contribution is -2.36. The van der Waals surface area contributed by atoms with Crippen LogP contribution in [0.25, 0.3) is 0 Å². The van der Waals surface area contributed by atoms with Crippen LogP contribution >= 0.6 is 11.3 Å². The van der Waals surface area contributed by atoms with Crippen LogP contribution in [0.3, 0.4) is 0 Å². The number of anilines is 1. The van der Waals surface area contributed by atoms with Crippen molar-refractivity contribution in [3.8, 4) is 0 Å². The third-order valence-electron chi connectivity index (χ3n) is 4.13. The molecule has 1 aliphatic heterocycles. The Bertz CT molecular complexity index is 466. The fraction of sp³-hybridized carbons (Fsp3) is 0.688. The van der Waals surface area contributed by atoms with Gasteiger partial charge in [-0.25, -0.2) is 4.98 Å². The number of rotatable bonds is 6. The lowest BCUT2D eigenvalue weighted by Gasteiger charge is -2.25. The monoisotopic (exact) mass is 307 g/mol. The van der Waals surface area contributed by atoms with Gasteiger partial charge < -0.3 is 15.0 Å². The summed E-state index contributed by atoms with van der Waals surface area (Å²) in [6.07, 6.45) is 11.0. The first kappa shape index (κ1) is 15.0. The highest BCUT2D eigenvalue weighted by Gasteiger charge is 2.14. The van der Waals surface area contributed by atoms with Gasteiger partial charge in [0.15, 0.2) is 5.13 Å². The maximum absolute atomic E-state index is 5.38. The zero-order valence-corrected chi connectivity index (χ0v) is 13.5. The molecule has 1 N–H and O–H groups in total. The number of aromatic nitrogens is 1. The Hall–Kier alpha value is -0.910. The summed E-state index contributed by atoms with van der Waals surface area (Å²) in [7, 11) is 0. The third-order valence-corrected chi connectivity index (χ3v) is 5.19. The summed E-state index contributed by atoms with van der Waals surface area (Å²) >= 11 is 1.81. The van der Waals surface area contributed by atoms with Crippen molar-refractivity contribution in [1.82, 2.24) is 10.3 Å². The van der Waals surface area contributed by atoms with Gasteiger partial charge in [0.2, 0.25) is 0 Å². The van der Waals surface area contributed by atoms with Gasteiger partial charge in [-0.05, 0) is 38.6 Å². The van der Waals surface area contributed by atoms with Gasteiger partial charge >= 0.3 is 0 Å². The predicted molar refractivity (Wildman–Crippen MR) is 88.0 cm³/mol. The maximum atomic E-state index is 5.38. The van der Waals surface area contributed by atoms with Gasteiger partial charge in [0, 0.05) is 30.7 Å². The van der Waals surface area contributed by atoms with E-state index >= 15 is 0 Å². The Morgan fingerprint density at radius 2 is 2.19 bits per heavy atom. The quantitative estimate of drug-likeness (QED) is 0.648. The molecule has 4 nitrogen and oxygen atoms in total. The Morgan fingerprint density at radius 3 is 3.00 bits per heavy atom. The van der Waals surface area contributed by atoms with Gasteiger partial charge in [-0.2, -0.15) is 0 Å². The van der Waals surface area contributed by atoms with E-state index in [1.54, 1.807) is 5.57 Å². The predicted octanol–water partition coefficient (Wildman–Crippen LogP) is 2.96. The molecule has 0 amide bonds. The van der Waals surface area contributed by atoms with E-state index in [0.717, 1.165) is 44.5 Å². The van der Waals surface area contributed by atoms with Crippen LogP contribution in [0.5, 0.6) is 0 Å². The van der Waals surface area contributed by atoms with Crippen LogP contribution in [-0.2, 0) is 11.3 Å². The lowest BCUT2D eigenvalue weighted by molar-refractivity contribution is 0.122. The Balaban J connectivity index is 1.39. The topological polar surface area (TPSA) is 37.4 Å². The first-order chi connectivity index (χ1) is 10.4. The first-order valence-electron chi connectivity index (χ1n) is 8.08. The van der Waals surface area contributed by atoms with Crippen molar-refractivity contribution >= 4 is 16.5 Å². The smallest absolute Gasteiger partial charge is 0.185 e. The number of nitrogens with zero attached hydrogens (tertiary/aromatic N) is 2. The van der Waals surface area contributed by atoms with Crippen molar-refractivity contribution in [3.63, 3.8) is 0 Å². The molecule has 1 aliphatic carbocycles. The highest BCUT2D eigenvalue weighted by Crippen LogP contribution is 2.23. The van der Waals surface area contributed by atoms with Crippen molar-refractivity contribution < 1.29 is 4.74 Å². The lowest BCUT2D eigenvalue weighted by atomic mass is 9.97. The Kier molecular flexibility index (Phi) is 5.66. The molecule has 116 valence electrons. The molecule has 1 fully saturated rings. The van der Waals surface area contributed by atoms with Crippen LogP contribution in [0.2, 0.25) is 0 Å². The minimum atomic E-state index is 0.822. The molecule has 5 heteroatoms. The largest absolute Gasteiger partial charge is 0.378 e. The van der Waals surface area contributed by atoms with Crippen molar-refractivity contribution in [2.24, 2.45) is 0 Å². The van der Waals surface area contributed by atoms with Gasteiger partial charge in [0.25, 0.3) is 0 Å². The van der Waals surface area contributed by atoms with Crippen molar-refractivity contribution in [1.29, 1.82) is 0 Å². The Morgan fingerprint density at radius 1 is 1.29 bits per heavy atom. The molecular formula is C16H25N3OS. The summed E-state index contributed by atoms with van der Waals surface area (Å²) in [5.74, 6) is 0. The zero-order valence-electron chi connectivity index (χ0n) is 12.6. The van der Waals surface area contributed by atoms with E-state index in [2.05, 4.69) is 21.3 Å². The average molecular weight is 307 g/mol. The Labute approximate surface area is 131 Å². The molecule has 21 heavy (non-hydrogen) atoms. The summed E-state index contributed by atoms with van der Waals surface area (Å²) in [5.41, 5.74) is 1.65. The van der Waals surface area contributed by atoms with Crippen molar-refractivity contribution in [3.05, 3.63) is 22.7 Å². The van der Waals surface area contributed by atoms with E-state index in [1.165, 1.54) is 37.0 Å². The second-order valence-electron chi connectivity index (χ2n) is 5.74. The average Bonchev–Trinajstić information content (AvgIpc) is 3.02. The van der Waals surface area contributed by atoms with E-state index in [-0.39, 0.29) is 0 Å². The number of thiazole rings is 1. The fourth-order valence-electron chi connectivity index (χ4n) is 2.87. The molecule has 0 unspecified atom stereocenters. The molecule has 0 saturated carbocycles. The minimum Gasteiger partial charge on any atom is -0.378 e. The number of ether oxygens (including phenoxy) is 1. The van der Waals surface area contributed by atoms with E-state index < -0.39 is 0 Å². The van der Waals surface area contributed by atoms with Gasteiger partial charge in [0.1, 0.15) is 0 Å². The molecule has 1 aromatic heterocycles. The van der Waals surface area contributed by atoms with E-state index in [1.807, 2.05) is 17.5 Å². The molecule has 3 rings (SSSR count). The molecule has 0 aromatic carbocycles. The zero-order chi connectivity index (χ0) is 14.3. The summed E-state index contributed by atoms with van der Waals surface area (Å²) in [6.45, 7) is 5.60. The fourth-order valence-corrected chi connectivity index (χ4v) is 3.80. The van der Waals surface area contributed by atoms with Crippen LogP contribution < -0.4 is 10.2 Å². The van der Waals surface area contributed by atoms with Crippen LogP contribution in [0.15, 0.2) is 17.8 Å². The number of morpholine rings is 1. The van der Waals surface area contributed by atoms with Crippen LogP contribution in [0.4, 0.5) is 5.13 Å². The maximum Gasteiger partial charge on any atom is 0.185 e. The van der Waals surface area contributed by atoms with Gasteiger partial charge in [0.05, 0.1) is 13.2 Å². The third kappa shape index (κ3) is 4.53. The number of hydrogen-bond acceptors (Lipinski definition) is 5. The SMILES string of the molecule is C1=C(CCNCc2cnc(N3CCOCC3)s2)CCCC1. The molecule has 1 saturated heterocycles. The second-order valence-corrected chi connectivity index (χ2v) is 6.84. The highest BCUT2D eigenvalue weighted by molar-refractivity contribution is 7.15. The van der Waals surface area contributed by atoms with Gasteiger partial charge in [-0.1, -0.05) is 11.6 Å². The molecule has 0 spiro atoms. The van der Waals surface area contributed by atoms with Gasteiger partial charge in [-0.15, -0.1) is 11.3 Å². The molecule has 2 heterocycles. The van der Waals surface area contributed by atoms with Crippen LogP contribution in [0, 0.1) is 0 Å². The molecule has 0 atom stereocenters. The van der Waals surface area contributed by atoms with Crippen molar-refractivity contribution in [2.45, 2.75) is 38.6 Å². The summed E-state index contributed by atoms with van der Waals surface area (Å²) < 4.78 is 5.38. The molecule has 1 aromatic rings. The number of allylic oxidation sites excluding steroid dienone is 1. The number of hydrogen-bond donors (Lipinski definition) is 1. The molecule has 0 radical (unpaired) electrons. The van der Waals surface area contributed by atoms with Gasteiger partial charge in [-0.3, -0.25) is 0 Å². The molecular weight excluding hydrogens is 282 g/mol. The van der Waals surface area contributed by atoms with Crippen LogP contribution in [0.1, 0.15) is 37.0 Å². The first-order valence-corrected chi connectivity index (χ1v) is 8.89.